The van der Waals surface area contributed by atoms with Gasteiger partial charge in [-0.25, -0.2) is 0 Å². The molecule has 0 fully saturated rings. The smallest absolute Gasteiger partial charge is 0.157 e. The van der Waals surface area contributed by atoms with Crippen molar-refractivity contribution in [1.82, 2.24) is 0 Å². The molecule has 1 atom stereocenters. The summed E-state index contributed by atoms with van der Waals surface area (Å²) in [7, 11) is 1.63. The third-order valence-electron chi connectivity index (χ3n) is 3.81. The number of aromatic hydroxyl groups is 2. The third-order valence-corrected chi connectivity index (χ3v) is 3.81. The van der Waals surface area contributed by atoms with Gasteiger partial charge in [0.2, 0.25) is 0 Å². The Bertz CT molecular complexity index is 634. The lowest BCUT2D eigenvalue weighted by molar-refractivity contribution is 0.0840. The molecule has 0 amide bonds. The molecule has 0 aromatic heterocycles. The van der Waals surface area contributed by atoms with E-state index in [-0.39, 0.29) is 17.6 Å². The van der Waals surface area contributed by atoms with Crippen molar-refractivity contribution in [2.75, 3.05) is 13.7 Å². The Labute approximate surface area is 123 Å². The van der Waals surface area contributed by atoms with Gasteiger partial charge in [-0.1, -0.05) is 12.1 Å². The van der Waals surface area contributed by atoms with Gasteiger partial charge in [0.15, 0.2) is 11.5 Å². The topological polar surface area (TPSA) is 58.9 Å². The van der Waals surface area contributed by atoms with Crippen molar-refractivity contribution in [3.63, 3.8) is 0 Å². The predicted molar refractivity (Wildman–Crippen MR) is 78.9 cm³/mol. The van der Waals surface area contributed by atoms with E-state index >= 15 is 0 Å². The van der Waals surface area contributed by atoms with Gasteiger partial charge in [-0.15, -0.1) is 0 Å². The van der Waals surface area contributed by atoms with E-state index in [0.717, 1.165) is 35.3 Å². The van der Waals surface area contributed by atoms with Crippen LogP contribution in [0.5, 0.6) is 17.2 Å². The molecule has 21 heavy (non-hydrogen) atoms. The van der Waals surface area contributed by atoms with E-state index in [1.54, 1.807) is 19.2 Å². The first-order chi connectivity index (χ1) is 10.2. The Morgan fingerprint density at radius 1 is 1.10 bits per heavy atom. The van der Waals surface area contributed by atoms with Crippen molar-refractivity contribution >= 4 is 0 Å². The normalized spacial score (nSPS) is 17.9. The van der Waals surface area contributed by atoms with Crippen LogP contribution in [0, 0.1) is 0 Å². The maximum absolute atomic E-state index is 9.79. The number of hydrogen-bond donors (Lipinski definition) is 2. The molecule has 0 saturated heterocycles. The van der Waals surface area contributed by atoms with Crippen molar-refractivity contribution in [2.45, 2.75) is 18.9 Å². The summed E-state index contributed by atoms with van der Waals surface area (Å²) < 4.78 is 11.1. The molecule has 2 N–H and O–H groups in total. The highest BCUT2D eigenvalue weighted by Gasteiger charge is 2.23. The fraction of sp³-hybridized carbons (Fsp3) is 0.294. The number of benzene rings is 2. The first kappa shape index (κ1) is 13.8. The van der Waals surface area contributed by atoms with Crippen LogP contribution in [0.4, 0.5) is 0 Å². The van der Waals surface area contributed by atoms with Gasteiger partial charge >= 0.3 is 0 Å². The second kappa shape index (κ2) is 5.66. The van der Waals surface area contributed by atoms with E-state index in [1.165, 1.54) is 0 Å². The summed E-state index contributed by atoms with van der Waals surface area (Å²) in [4.78, 5) is 0. The van der Waals surface area contributed by atoms with Crippen molar-refractivity contribution in [2.24, 2.45) is 0 Å². The summed E-state index contributed by atoms with van der Waals surface area (Å²) in [6.45, 7) is 0.646. The van der Waals surface area contributed by atoms with Gasteiger partial charge < -0.3 is 19.7 Å². The van der Waals surface area contributed by atoms with E-state index in [1.807, 2.05) is 24.3 Å². The van der Waals surface area contributed by atoms with Gasteiger partial charge in [-0.3, -0.25) is 0 Å². The average molecular weight is 286 g/mol. The van der Waals surface area contributed by atoms with Gasteiger partial charge in [-0.2, -0.15) is 0 Å². The van der Waals surface area contributed by atoms with E-state index in [2.05, 4.69) is 0 Å². The Morgan fingerprint density at radius 2 is 1.81 bits per heavy atom. The van der Waals surface area contributed by atoms with Crippen LogP contribution in [0.3, 0.4) is 0 Å². The van der Waals surface area contributed by atoms with E-state index in [0.29, 0.717) is 6.61 Å². The Morgan fingerprint density at radius 3 is 2.52 bits per heavy atom. The molecule has 1 aliphatic rings. The molecule has 0 spiro atoms. The van der Waals surface area contributed by atoms with E-state index < -0.39 is 0 Å². The molecule has 0 saturated carbocycles. The average Bonchev–Trinajstić information content (AvgIpc) is 2.70. The van der Waals surface area contributed by atoms with Crippen LogP contribution in [0.1, 0.15) is 29.2 Å². The summed E-state index contributed by atoms with van der Waals surface area (Å²) in [6, 6.07) is 10.9. The summed E-state index contributed by atoms with van der Waals surface area (Å²) in [6.07, 6.45) is 1.49. The quantitative estimate of drug-likeness (QED) is 0.833. The molecule has 4 nitrogen and oxygen atoms in total. The molecule has 4 heteroatoms. The largest absolute Gasteiger partial charge is 0.504 e. The monoisotopic (exact) mass is 286 g/mol. The van der Waals surface area contributed by atoms with Crippen LogP contribution in [-0.2, 0) is 11.2 Å². The third kappa shape index (κ3) is 2.67. The summed E-state index contributed by atoms with van der Waals surface area (Å²) >= 11 is 0. The first-order valence-corrected chi connectivity index (χ1v) is 6.99. The van der Waals surface area contributed by atoms with E-state index in [9.17, 15) is 10.2 Å². The lowest BCUT2D eigenvalue weighted by Crippen LogP contribution is -2.06. The lowest BCUT2D eigenvalue weighted by atomic mass is 9.94. The molecule has 2 aromatic rings. The molecule has 1 unspecified atom stereocenters. The minimum atomic E-state index is -0.236. The van der Waals surface area contributed by atoms with Crippen LogP contribution >= 0.6 is 0 Å². The number of ether oxygens (including phenoxy) is 2. The zero-order valence-electron chi connectivity index (χ0n) is 11.9. The zero-order chi connectivity index (χ0) is 14.8. The maximum atomic E-state index is 9.79. The molecule has 1 heterocycles. The van der Waals surface area contributed by atoms with Gasteiger partial charge in [0, 0.05) is 6.61 Å². The molecule has 110 valence electrons. The highest BCUT2D eigenvalue weighted by molar-refractivity contribution is 5.49. The van der Waals surface area contributed by atoms with Crippen molar-refractivity contribution in [3.8, 4) is 17.2 Å². The van der Waals surface area contributed by atoms with Crippen LogP contribution in [-0.4, -0.2) is 23.9 Å². The number of aryl methyl sites for hydroxylation is 1. The van der Waals surface area contributed by atoms with Crippen molar-refractivity contribution in [1.29, 1.82) is 0 Å². The second-order valence-electron chi connectivity index (χ2n) is 5.17. The molecule has 0 radical (unpaired) electrons. The van der Waals surface area contributed by atoms with Crippen LogP contribution in [0.25, 0.3) is 0 Å². The predicted octanol–water partition coefficient (Wildman–Crippen LogP) is 3.16. The Hall–Kier alpha value is -2.20. The standard InChI is InChI=1S/C17H18O4/c1-20-13-6-4-11(5-7-13)17-14-10-16(19)15(18)9-12(14)3-2-8-21-17/h4-7,9-10,17-19H,2-3,8H2,1H3. The number of hydrogen-bond acceptors (Lipinski definition) is 4. The van der Waals surface area contributed by atoms with Crippen LogP contribution in [0.15, 0.2) is 36.4 Å². The summed E-state index contributed by atoms with van der Waals surface area (Å²) in [5.74, 6) is 0.600. The Kier molecular flexibility index (Phi) is 3.71. The fourth-order valence-corrected chi connectivity index (χ4v) is 2.70. The molecule has 0 aliphatic carbocycles. The number of phenols is 2. The minimum absolute atomic E-state index is 0.0795. The first-order valence-electron chi connectivity index (χ1n) is 6.99. The van der Waals surface area contributed by atoms with Crippen molar-refractivity contribution < 1.29 is 19.7 Å². The SMILES string of the molecule is COc1ccc(C2OCCCc3cc(O)c(O)cc32)cc1. The maximum Gasteiger partial charge on any atom is 0.157 e. The fourth-order valence-electron chi connectivity index (χ4n) is 2.70. The molecular weight excluding hydrogens is 268 g/mol. The number of fused-ring (bicyclic) bond motifs is 1. The summed E-state index contributed by atoms with van der Waals surface area (Å²) in [5, 5.41) is 19.5. The lowest BCUT2D eigenvalue weighted by Gasteiger charge is -2.19. The van der Waals surface area contributed by atoms with Crippen LogP contribution < -0.4 is 4.74 Å². The highest BCUT2D eigenvalue weighted by atomic mass is 16.5. The van der Waals surface area contributed by atoms with Gasteiger partial charge in [0.1, 0.15) is 11.9 Å². The number of methoxy groups -OCH3 is 1. The summed E-state index contributed by atoms with van der Waals surface area (Å²) in [5.41, 5.74) is 2.93. The number of rotatable bonds is 2. The number of phenolic OH excluding ortho intramolecular Hbond substituents is 2. The molecule has 2 aromatic carbocycles. The second-order valence-corrected chi connectivity index (χ2v) is 5.17. The minimum Gasteiger partial charge on any atom is -0.504 e. The zero-order valence-corrected chi connectivity index (χ0v) is 11.9. The Balaban J connectivity index is 2.04. The molecule has 0 bridgehead atoms. The molecule has 3 rings (SSSR count). The molecule has 1 aliphatic heterocycles. The van der Waals surface area contributed by atoms with Gasteiger partial charge in [0.05, 0.1) is 7.11 Å². The van der Waals surface area contributed by atoms with Gasteiger partial charge in [-0.05, 0) is 53.8 Å². The molecular formula is C17H18O4. The van der Waals surface area contributed by atoms with Crippen LogP contribution in [0.2, 0.25) is 0 Å². The van der Waals surface area contributed by atoms with E-state index in [4.69, 9.17) is 9.47 Å². The highest BCUT2D eigenvalue weighted by Crippen LogP contribution is 2.38. The van der Waals surface area contributed by atoms with Crippen molar-refractivity contribution in [3.05, 3.63) is 53.1 Å². The van der Waals surface area contributed by atoms with Gasteiger partial charge in [0.25, 0.3) is 0 Å².